The van der Waals surface area contributed by atoms with Crippen LogP contribution < -0.4 is 5.43 Å². The molecule has 0 aliphatic carbocycles. The van der Waals surface area contributed by atoms with Crippen LogP contribution in [0.15, 0.2) is 48.8 Å². The zero-order valence-electron chi connectivity index (χ0n) is 7.83. The first-order valence-corrected chi connectivity index (χ1v) is 4.40. The van der Waals surface area contributed by atoms with E-state index in [4.69, 9.17) is 0 Å². The number of benzene rings is 1. The number of nitrogens with zero attached hydrogens (tertiary/aromatic N) is 2. The SMILES string of the molecule is O=[N+]([O-])c1cccc(Nn2cccc2)c1. The molecule has 5 nitrogen and oxygen atoms in total. The van der Waals surface area contributed by atoms with Crippen molar-refractivity contribution in [3.8, 4) is 0 Å². The summed E-state index contributed by atoms with van der Waals surface area (Å²) in [6.45, 7) is 0. The van der Waals surface area contributed by atoms with Crippen LogP contribution in [0.4, 0.5) is 11.4 Å². The second kappa shape index (κ2) is 3.83. The van der Waals surface area contributed by atoms with Crippen LogP contribution in [0.25, 0.3) is 0 Å². The van der Waals surface area contributed by atoms with Crippen molar-refractivity contribution in [1.29, 1.82) is 0 Å². The topological polar surface area (TPSA) is 60.1 Å². The van der Waals surface area contributed by atoms with Crippen molar-refractivity contribution >= 4 is 11.4 Å². The fourth-order valence-corrected chi connectivity index (χ4v) is 1.25. The van der Waals surface area contributed by atoms with E-state index in [2.05, 4.69) is 5.43 Å². The van der Waals surface area contributed by atoms with Crippen molar-refractivity contribution in [3.63, 3.8) is 0 Å². The third kappa shape index (κ3) is 2.14. The molecule has 1 aromatic carbocycles. The quantitative estimate of drug-likeness (QED) is 0.614. The lowest BCUT2D eigenvalue weighted by atomic mass is 10.3. The Hall–Kier alpha value is -2.30. The van der Waals surface area contributed by atoms with Crippen molar-refractivity contribution in [2.75, 3.05) is 5.43 Å². The molecule has 0 amide bonds. The summed E-state index contributed by atoms with van der Waals surface area (Å²) in [5.74, 6) is 0. The highest BCUT2D eigenvalue weighted by Crippen LogP contribution is 2.16. The molecule has 15 heavy (non-hydrogen) atoms. The van der Waals surface area contributed by atoms with Crippen LogP contribution >= 0.6 is 0 Å². The van der Waals surface area contributed by atoms with Crippen molar-refractivity contribution in [1.82, 2.24) is 4.68 Å². The number of anilines is 1. The van der Waals surface area contributed by atoms with Crippen molar-refractivity contribution in [2.24, 2.45) is 0 Å². The normalized spacial score (nSPS) is 9.87. The molecule has 2 aromatic rings. The summed E-state index contributed by atoms with van der Waals surface area (Å²) >= 11 is 0. The van der Waals surface area contributed by atoms with E-state index in [0.717, 1.165) is 0 Å². The molecule has 0 aliphatic heterocycles. The molecular formula is C10H9N3O2. The van der Waals surface area contributed by atoms with Crippen LogP contribution in [0.5, 0.6) is 0 Å². The van der Waals surface area contributed by atoms with Crippen LogP contribution in [-0.4, -0.2) is 9.60 Å². The molecule has 0 fully saturated rings. The Balaban J connectivity index is 2.22. The molecule has 0 saturated carbocycles. The van der Waals surface area contributed by atoms with Gasteiger partial charge in [0, 0.05) is 24.5 Å². The van der Waals surface area contributed by atoms with E-state index >= 15 is 0 Å². The maximum Gasteiger partial charge on any atom is 0.271 e. The fraction of sp³-hybridized carbons (Fsp3) is 0. The van der Waals surface area contributed by atoms with Gasteiger partial charge in [-0.2, -0.15) is 0 Å². The van der Waals surface area contributed by atoms with Gasteiger partial charge >= 0.3 is 0 Å². The molecule has 0 radical (unpaired) electrons. The number of nitro groups is 1. The molecule has 5 heteroatoms. The molecule has 0 bridgehead atoms. The summed E-state index contributed by atoms with van der Waals surface area (Å²) in [5, 5.41) is 10.5. The summed E-state index contributed by atoms with van der Waals surface area (Å²) < 4.78 is 1.72. The zero-order valence-corrected chi connectivity index (χ0v) is 7.83. The minimum Gasteiger partial charge on any atom is -0.295 e. The van der Waals surface area contributed by atoms with E-state index in [9.17, 15) is 10.1 Å². The van der Waals surface area contributed by atoms with Gasteiger partial charge in [-0.3, -0.25) is 20.2 Å². The molecule has 1 aromatic heterocycles. The van der Waals surface area contributed by atoms with Crippen molar-refractivity contribution < 1.29 is 4.92 Å². The van der Waals surface area contributed by atoms with E-state index in [1.165, 1.54) is 12.1 Å². The Labute approximate surface area is 86.1 Å². The lowest BCUT2D eigenvalue weighted by Crippen LogP contribution is -2.05. The van der Waals surface area contributed by atoms with E-state index in [1.54, 1.807) is 16.8 Å². The predicted octanol–water partition coefficient (Wildman–Crippen LogP) is 2.27. The predicted molar refractivity (Wildman–Crippen MR) is 56.5 cm³/mol. The first-order valence-electron chi connectivity index (χ1n) is 4.40. The van der Waals surface area contributed by atoms with E-state index in [0.29, 0.717) is 5.69 Å². The van der Waals surface area contributed by atoms with E-state index in [1.807, 2.05) is 24.5 Å². The molecule has 1 N–H and O–H groups in total. The molecule has 76 valence electrons. The molecule has 0 saturated heterocycles. The molecular weight excluding hydrogens is 194 g/mol. The van der Waals surface area contributed by atoms with Crippen LogP contribution in [0.2, 0.25) is 0 Å². The second-order valence-corrected chi connectivity index (χ2v) is 3.01. The third-order valence-corrected chi connectivity index (χ3v) is 1.92. The molecule has 0 atom stereocenters. The van der Waals surface area contributed by atoms with E-state index < -0.39 is 4.92 Å². The molecule has 0 unspecified atom stereocenters. The Kier molecular flexibility index (Phi) is 2.37. The van der Waals surface area contributed by atoms with Gasteiger partial charge in [0.2, 0.25) is 0 Å². The summed E-state index contributed by atoms with van der Waals surface area (Å²) in [4.78, 5) is 10.1. The van der Waals surface area contributed by atoms with Gasteiger partial charge < -0.3 is 0 Å². The van der Waals surface area contributed by atoms with Gasteiger partial charge in [-0.1, -0.05) is 6.07 Å². The van der Waals surface area contributed by atoms with Gasteiger partial charge in [0.05, 0.1) is 10.6 Å². The van der Waals surface area contributed by atoms with Crippen LogP contribution in [-0.2, 0) is 0 Å². The smallest absolute Gasteiger partial charge is 0.271 e. The third-order valence-electron chi connectivity index (χ3n) is 1.92. The average molecular weight is 203 g/mol. The summed E-state index contributed by atoms with van der Waals surface area (Å²) in [6.07, 6.45) is 3.64. The first-order chi connectivity index (χ1) is 7.25. The highest BCUT2D eigenvalue weighted by atomic mass is 16.6. The Morgan fingerprint density at radius 3 is 2.60 bits per heavy atom. The number of hydrogen-bond acceptors (Lipinski definition) is 3. The molecule has 0 spiro atoms. The van der Waals surface area contributed by atoms with Gasteiger partial charge in [0.25, 0.3) is 5.69 Å². The Bertz CT molecular complexity index is 465. The minimum atomic E-state index is -0.416. The number of aromatic nitrogens is 1. The first kappa shape index (κ1) is 9.26. The average Bonchev–Trinajstić information content (AvgIpc) is 2.71. The van der Waals surface area contributed by atoms with Gasteiger partial charge in [-0.15, -0.1) is 0 Å². The van der Waals surface area contributed by atoms with Gasteiger partial charge in [-0.25, -0.2) is 0 Å². The summed E-state index contributed by atoms with van der Waals surface area (Å²) in [7, 11) is 0. The zero-order chi connectivity index (χ0) is 10.7. The number of hydrogen-bond donors (Lipinski definition) is 1. The Morgan fingerprint density at radius 1 is 1.20 bits per heavy atom. The van der Waals surface area contributed by atoms with Crippen LogP contribution in [0.3, 0.4) is 0 Å². The van der Waals surface area contributed by atoms with Crippen LogP contribution in [0, 0.1) is 10.1 Å². The van der Waals surface area contributed by atoms with Gasteiger partial charge in [-0.05, 0) is 18.2 Å². The molecule has 1 heterocycles. The maximum atomic E-state index is 10.5. The largest absolute Gasteiger partial charge is 0.295 e. The standard InChI is InChI=1S/C10H9N3O2/c14-13(15)10-5-3-4-9(8-10)11-12-6-1-2-7-12/h1-8,11H. The summed E-state index contributed by atoms with van der Waals surface area (Å²) in [5.41, 5.74) is 3.75. The highest BCUT2D eigenvalue weighted by Gasteiger charge is 2.04. The van der Waals surface area contributed by atoms with Gasteiger partial charge in [0.15, 0.2) is 0 Å². The van der Waals surface area contributed by atoms with Gasteiger partial charge in [0.1, 0.15) is 0 Å². The molecule has 0 aliphatic rings. The summed E-state index contributed by atoms with van der Waals surface area (Å²) in [6, 6.07) is 10.1. The second-order valence-electron chi connectivity index (χ2n) is 3.01. The van der Waals surface area contributed by atoms with E-state index in [-0.39, 0.29) is 5.69 Å². The lowest BCUT2D eigenvalue weighted by molar-refractivity contribution is -0.384. The number of non-ortho nitro benzene ring substituents is 1. The fourth-order valence-electron chi connectivity index (χ4n) is 1.25. The van der Waals surface area contributed by atoms with Crippen molar-refractivity contribution in [2.45, 2.75) is 0 Å². The molecule has 2 rings (SSSR count). The monoisotopic (exact) mass is 203 g/mol. The number of rotatable bonds is 3. The van der Waals surface area contributed by atoms with Crippen LogP contribution in [0.1, 0.15) is 0 Å². The minimum absolute atomic E-state index is 0.0761. The number of nitro benzene ring substituents is 1. The Morgan fingerprint density at radius 2 is 1.93 bits per heavy atom. The lowest BCUT2D eigenvalue weighted by Gasteiger charge is -2.06. The highest BCUT2D eigenvalue weighted by molar-refractivity contribution is 5.50. The number of nitrogens with one attached hydrogen (secondary N) is 1. The maximum absolute atomic E-state index is 10.5. The van der Waals surface area contributed by atoms with Crippen molar-refractivity contribution in [3.05, 3.63) is 58.9 Å².